The van der Waals surface area contributed by atoms with Crippen molar-refractivity contribution in [3.63, 3.8) is 0 Å². The summed E-state index contributed by atoms with van der Waals surface area (Å²) < 4.78 is 26.3. The van der Waals surface area contributed by atoms with Gasteiger partial charge in [0.1, 0.15) is 5.82 Å². The predicted molar refractivity (Wildman–Crippen MR) is 114 cm³/mol. The van der Waals surface area contributed by atoms with Gasteiger partial charge in [0.15, 0.2) is 0 Å². The van der Waals surface area contributed by atoms with E-state index in [9.17, 15) is 18.7 Å². The number of amides is 2. The number of aliphatic hydroxyl groups excluding tert-OH is 1. The van der Waals surface area contributed by atoms with E-state index in [2.05, 4.69) is 15.3 Å². The Balaban J connectivity index is 1.73. The molecule has 1 unspecified atom stereocenters. The molecule has 0 bridgehead atoms. The van der Waals surface area contributed by atoms with Gasteiger partial charge in [-0.3, -0.25) is 0 Å². The molecule has 10 heteroatoms. The van der Waals surface area contributed by atoms with Crippen LogP contribution in [0.4, 0.5) is 13.6 Å². The Morgan fingerprint density at radius 1 is 1.32 bits per heavy atom. The first-order valence-electron chi connectivity index (χ1n) is 9.99. The molecule has 2 amide bonds. The maximum atomic E-state index is 13.2. The molecule has 1 aromatic carbocycles. The third-order valence-corrected chi connectivity index (χ3v) is 5.92. The van der Waals surface area contributed by atoms with Crippen LogP contribution in [0.5, 0.6) is 0 Å². The standard InChI is InChI=1S/C21H24Cl2F2N4O2/c1-12(11-30)6-20-26-9-14-4-5-29(10-18(14)27-20)21(31)28-17(8-19(24)25)13-2-3-15(22)16(23)7-13/h2-3,7,9,12,17,19,30H,4-6,8,10-11H2,1H3,(H,28,31)/t12-,17?/m1/s1. The van der Waals surface area contributed by atoms with Crippen molar-refractivity contribution in [2.45, 2.75) is 45.2 Å². The first-order chi connectivity index (χ1) is 14.8. The lowest BCUT2D eigenvalue weighted by Gasteiger charge is -2.30. The molecule has 1 aliphatic heterocycles. The lowest BCUT2D eigenvalue weighted by atomic mass is 10.0. The lowest BCUT2D eigenvalue weighted by molar-refractivity contribution is 0.120. The van der Waals surface area contributed by atoms with Gasteiger partial charge in [-0.15, -0.1) is 0 Å². The summed E-state index contributed by atoms with van der Waals surface area (Å²) in [6.45, 7) is 2.62. The zero-order valence-corrected chi connectivity index (χ0v) is 18.5. The van der Waals surface area contributed by atoms with Crippen molar-refractivity contribution < 1.29 is 18.7 Å². The number of hydrogen-bond acceptors (Lipinski definition) is 4. The number of urea groups is 1. The summed E-state index contributed by atoms with van der Waals surface area (Å²) in [5.41, 5.74) is 2.15. The number of nitrogens with zero attached hydrogens (tertiary/aromatic N) is 3. The highest BCUT2D eigenvalue weighted by atomic mass is 35.5. The number of nitrogens with one attached hydrogen (secondary N) is 1. The van der Waals surface area contributed by atoms with Crippen LogP contribution in [0.2, 0.25) is 10.0 Å². The van der Waals surface area contributed by atoms with Crippen molar-refractivity contribution in [3.05, 3.63) is 57.1 Å². The fourth-order valence-corrected chi connectivity index (χ4v) is 3.72. The van der Waals surface area contributed by atoms with Gasteiger partial charge in [-0.25, -0.2) is 23.5 Å². The monoisotopic (exact) mass is 472 g/mol. The van der Waals surface area contributed by atoms with Crippen molar-refractivity contribution in [3.8, 4) is 0 Å². The second kappa shape index (κ2) is 10.5. The Bertz CT molecular complexity index is 932. The number of hydrogen-bond donors (Lipinski definition) is 2. The molecule has 0 fully saturated rings. The Hall–Kier alpha value is -2.03. The smallest absolute Gasteiger partial charge is 0.318 e. The number of halogens is 4. The highest BCUT2D eigenvalue weighted by Crippen LogP contribution is 2.29. The summed E-state index contributed by atoms with van der Waals surface area (Å²) in [5.74, 6) is 0.635. The molecular weight excluding hydrogens is 449 g/mol. The number of alkyl halides is 2. The minimum atomic E-state index is -2.61. The van der Waals surface area contributed by atoms with Crippen LogP contribution < -0.4 is 5.32 Å². The molecule has 1 aromatic heterocycles. The molecule has 31 heavy (non-hydrogen) atoms. The second-order valence-electron chi connectivity index (χ2n) is 7.72. The van der Waals surface area contributed by atoms with Gasteiger partial charge in [0.2, 0.25) is 6.43 Å². The van der Waals surface area contributed by atoms with E-state index in [4.69, 9.17) is 23.2 Å². The van der Waals surface area contributed by atoms with Gasteiger partial charge in [-0.2, -0.15) is 0 Å². The molecule has 0 saturated carbocycles. The van der Waals surface area contributed by atoms with Crippen LogP contribution in [0, 0.1) is 5.92 Å². The van der Waals surface area contributed by atoms with Crippen molar-refractivity contribution >= 4 is 29.2 Å². The number of carbonyl (C=O) groups is 1. The van der Waals surface area contributed by atoms with Crippen LogP contribution in [0.1, 0.15) is 42.0 Å². The molecule has 3 rings (SSSR count). The van der Waals surface area contributed by atoms with Gasteiger partial charge in [0.05, 0.1) is 28.3 Å². The van der Waals surface area contributed by atoms with Crippen molar-refractivity contribution in [1.82, 2.24) is 20.2 Å². The third kappa shape index (κ3) is 6.24. The lowest BCUT2D eigenvalue weighted by Crippen LogP contribution is -2.44. The molecule has 2 N–H and O–H groups in total. The van der Waals surface area contributed by atoms with Crippen LogP contribution in [0.3, 0.4) is 0 Å². The number of rotatable bonds is 7. The van der Waals surface area contributed by atoms with Crippen molar-refractivity contribution in [2.75, 3.05) is 13.2 Å². The quantitative estimate of drug-likeness (QED) is 0.624. The summed E-state index contributed by atoms with van der Waals surface area (Å²) in [6, 6.07) is 3.23. The number of aromatic nitrogens is 2. The fraction of sp³-hybridized carbons (Fsp3) is 0.476. The number of aliphatic hydroxyl groups is 1. The zero-order chi connectivity index (χ0) is 22.5. The highest BCUT2D eigenvalue weighted by Gasteiger charge is 2.26. The van der Waals surface area contributed by atoms with E-state index in [-0.39, 0.29) is 24.1 Å². The minimum absolute atomic E-state index is 0.0300. The molecule has 0 saturated heterocycles. The molecule has 2 heterocycles. The average molecular weight is 473 g/mol. The molecule has 2 atom stereocenters. The van der Waals surface area contributed by atoms with E-state index in [1.54, 1.807) is 17.2 Å². The number of fused-ring (bicyclic) bond motifs is 1. The average Bonchev–Trinajstić information content (AvgIpc) is 2.74. The summed E-state index contributed by atoms with van der Waals surface area (Å²) in [7, 11) is 0. The molecule has 0 aliphatic carbocycles. The first kappa shape index (κ1) is 23.6. The number of carbonyl (C=O) groups excluding carboxylic acids is 1. The molecule has 1 aliphatic rings. The Kier molecular flexibility index (Phi) is 8.02. The van der Waals surface area contributed by atoms with Crippen molar-refractivity contribution in [2.24, 2.45) is 5.92 Å². The first-order valence-corrected chi connectivity index (χ1v) is 10.8. The molecule has 0 spiro atoms. The SMILES string of the molecule is C[C@@H](CO)Cc1ncc2c(n1)CN(C(=O)NC(CC(F)F)c1ccc(Cl)c(Cl)c1)CC2. The summed E-state index contributed by atoms with van der Waals surface area (Å²) in [6.07, 6.45) is -0.286. The summed E-state index contributed by atoms with van der Waals surface area (Å²) >= 11 is 11.9. The zero-order valence-electron chi connectivity index (χ0n) is 17.0. The van der Waals surface area contributed by atoms with Crippen LogP contribution in [-0.4, -0.2) is 45.6 Å². The second-order valence-corrected chi connectivity index (χ2v) is 8.54. The van der Waals surface area contributed by atoms with E-state index in [0.717, 1.165) is 11.3 Å². The van der Waals surface area contributed by atoms with Gasteiger partial charge < -0.3 is 15.3 Å². The number of benzene rings is 1. The van der Waals surface area contributed by atoms with Crippen LogP contribution in [0.15, 0.2) is 24.4 Å². The van der Waals surface area contributed by atoms with E-state index < -0.39 is 24.9 Å². The Morgan fingerprint density at radius 3 is 2.77 bits per heavy atom. The summed E-state index contributed by atoms with van der Waals surface area (Å²) in [4.78, 5) is 23.3. The maximum absolute atomic E-state index is 13.2. The third-order valence-electron chi connectivity index (χ3n) is 5.18. The van der Waals surface area contributed by atoms with E-state index >= 15 is 0 Å². The van der Waals surface area contributed by atoms with Gasteiger partial charge in [-0.05, 0) is 35.6 Å². The van der Waals surface area contributed by atoms with E-state index in [1.165, 1.54) is 12.1 Å². The van der Waals surface area contributed by atoms with Crippen molar-refractivity contribution in [1.29, 1.82) is 0 Å². The van der Waals surface area contributed by atoms with E-state index in [0.29, 0.717) is 35.8 Å². The molecule has 2 aromatic rings. The predicted octanol–water partition coefficient (Wildman–Crippen LogP) is 4.42. The minimum Gasteiger partial charge on any atom is -0.396 e. The molecule has 0 radical (unpaired) electrons. The maximum Gasteiger partial charge on any atom is 0.318 e. The van der Waals surface area contributed by atoms with E-state index in [1.807, 2.05) is 6.92 Å². The van der Waals surface area contributed by atoms with Gasteiger partial charge >= 0.3 is 6.03 Å². The highest BCUT2D eigenvalue weighted by molar-refractivity contribution is 6.42. The fourth-order valence-electron chi connectivity index (χ4n) is 3.42. The molecule has 168 valence electrons. The van der Waals surface area contributed by atoms with Gasteiger partial charge in [0.25, 0.3) is 0 Å². The Labute approximate surface area is 189 Å². The summed E-state index contributed by atoms with van der Waals surface area (Å²) in [5, 5.41) is 12.5. The van der Waals surface area contributed by atoms with Gasteiger partial charge in [-0.1, -0.05) is 36.2 Å². The topological polar surface area (TPSA) is 78.4 Å². The Morgan fingerprint density at radius 2 is 2.10 bits per heavy atom. The normalized spacial score (nSPS) is 15.5. The van der Waals surface area contributed by atoms with Crippen LogP contribution in [0.25, 0.3) is 0 Å². The van der Waals surface area contributed by atoms with Crippen LogP contribution >= 0.6 is 23.2 Å². The van der Waals surface area contributed by atoms with Gasteiger partial charge in [0, 0.05) is 32.2 Å². The van der Waals surface area contributed by atoms with Crippen LogP contribution in [-0.2, 0) is 19.4 Å². The molecular formula is C21H24Cl2F2N4O2. The largest absolute Gasteiger partial charge is 0.396 e. The molecule has 6 nitrogen and oxygen atoms in total.